The summed E-state index contributed by atoms with van der Waals surface area (Å²) in [6.07, 6.45) is 5.24. The van der Waals surface area contributed by atoms with E-state index in [1.807, 2.05) is 20.8 Å². The quantitative estimate of drug-likeness (QED) is 0.188. The zero-order valence-corrected chi connectivity index (χ0v) is 30.4. The lowest BCUT2D eigenvalue weighted by molar-refractivity contribution is -0.144. The Bertz CT molecular complexity index is 1430. The second-order valence-electron chi connectivity index (χ2n) is 14.6. The molecule has 0 spiro atoms. The number of hydrogen-bond donors (Lipinski definition) is 4. The predicted molar refractivity (Wildman–Crippen MR) is 188 cm³/mol. The van der Waals surface area contributed by atoms with Crippen molar-refractivity contribution >= 4 is 41.4 Å². The number of likely N-dealkylation sites (tertiary alicyclic amines) is 1. The summed E-state index contributed by atoms with van der Waals surface area (Å²) < 4.78 is 5.35. The number of Topliss-reactive ketones (excluding diaryl/α,β-unsaturated/α-hetero) is 1. The highest BCUT2D eigenvalue weighted by atomic mass is 16.5. The molecule has 0 aromatic heterocycles. The van der Waals surface area contributed by atoms with Crippen LogP contribution < -0.4 is 21.3 Å². The summed E-state index contributed by atoms with van der Waals surface area (Å²) in [6, 6.07) is 4.81. The highest BCUT2D eigenvalue weighted by Crippen LogP contribution is 2.50. The van der Waals surface area contributed by atoms with Gasteiger partial charge in [0, 0.05) is 20.6 Å². The Morgan fingerprint density at radius 2 is 1.63 bits per heavy atom. The van der Waals surface area contributed by atoms with Gasteiger partial charge in [-0.3, -0.25) is 28.8 Å². The molecule has 1 aromatic rings. The number of carbonyl (C=O) groups excluding carboxylic acids is 7. The molecule has 0 radical (unpaired) electrons. The number of hydrogen-bond acceptors (Lipinski definition) is 8. The highest BCUT2D eigenvalue weighted by molar-refractivity contribution is 6.38. The monoisotopic (exact) mass is 710 g/mol. The normalized spacial score (nSPS) is 21.4. The molecule has 2 aliphatic carbocycles. The van der Waals surface area contributed by atoms with Gasteiger partial charge in [-0.2, -0.15) is 0 Å². The summed E-state index contributed by atoms with van der Waals surface area (Å²) in [4.78, 5) is 95.5. The molecule has 14 heteroatoms. The van der Waals surface area contributed by atoms with Crippen LogP contribution in [0.3, 0.4) is 0 Å². The summed E-state index contributed by atoms with van der Waals surface area (Å²) in [5.41, 5.74) is 0.557. The minimum absolute atomic E-state index is 0.0776. The van der Waals surface area contributed by atoms with Crippen LogP contribution in [0.2, 0.25) is 0 Å². The molecular formula is C37H54N6O8. The Balaban J connectivity index is 1.39. The molecule has 3 aliphatic rings. The van der Waals surface area contributed by atoms with Crippen molar-refractivity contribution in [2.45, 2.75) is 96.3 Å². The number of nitrogens with zero attached hydrogens (tertiary/aromatic N) is 2. The van der Waals surface area contributed by atoms with Crippen LogP contribution in [0.1, 0.15) is 83.7 Å². The van der Waals surface area contributed by atoms with Gasteiger partial charge in [-0.15, -0.1) is 0 Å². The third-order valence-electron chi connectivity index (χ3n) is 9.88. The summed E-state index contributed by atoms with van der Waals surface area (Å²) in [7, 11) is 3.13. The van der Waals surface area contributed by atoms with Crippen LogP contribution in [0.25, 0.3) is 0 Å². The fourth-order valence-corrected chi connectivity index (χ4v) is 7.09. The number of benzene rings is 1. The molecule has 6 amide bonds. The van der Waals surface area contributed by atoms with E-state index in [1.54, 1.807) is 44.4 Å². The van der Waals surface area contributed by atoms with Crippen molar-refractivity contribution in [2.24, 2.45) is 23.7 Å². The molecular weight excluding hydrogens is 656 g/mol. The van der Waals surface area contributed by atoms with E-state index in [2.05, 4.69) is 21.3 Å². The van der Waals surface area contributed by atoms with Crippen molar-refractivity contribution in [1.29, 1.82) is 0 Å². The average Bonchev–Trinajstić information content (AvgIpc) is 3.78. The number of rotatable bonds is 16. The van der Waals surface area contributed by atoms with Crippen LogP contribution in [-0.4, -0.2) is 103 Å². The van der Waals surface area contributed by atoms with E-state index in [-0.39, 0.29) is 48.5 Å². The van der Waals surface area contributed by atoms with Gasteiger partial charge < -0.3 is 35.8 Å². The Kier molecular flexibility index (Phi) is 14.0. The molecule has 4 N–H and O–H groups in total. The Hall–Kier alpha value is -4.49. The first-order valence-electron chi connectivity index (χ1n) is 18.2. The predicted octanol–water partition coefficient (Wildman–Crippen LogP) is 2.08. The van der Waals surface area contributed by atoms with E-state index < -0.39 is 60.3 Å². The Morgan fingerprint density at radius 3 is 2.25 bits per heavy atom. The molecule has 51 heavy (non-hydrogen) atoms. The Labute approximate surface area is 300 Å². The Morgan fingerprint density at radius 1 is 0.941 bits per heavy atom. The highest BCUT2D eigenvalue weighted by Gasteiger charge is 2.58. The molecule has 4 rings (SSSR count). The van der Waals surface area contributed by atoms with Crippen LogP contribution in [0.4, 0.5) is 4.79 Å². The third-order valence-corrected chi connectivity index (χ3v) is 9.88. The van der Waals surface area contributed by atoms with Gasteiger partial charge in [0.05, 0.1) is 19.2 Å². The number of fused-ring (bicyclic) bond motifs is 1. The van der Waals surface area contributed by atoms with Crippen LogP contribution >= 0.6 is 0 Å². The summed E-state index contributed by atoms with van der Waals surface area (Å²) in [5, 5.41) is 10.5. The van der Waals surface area contributed by atoms with Crippen LogP contribution in [0.15, 0.2) is 30.3 Å². The van der Waals surface area contributed by atoms with E-state index in [9.17, 15) is 33.6 Å². The first kappa shape index (κ1) is 39.3. The van der Waals surface area contributed by atoms with E-state index in [0.717, 1.165) is 38.5 Å². The fourth-order valence-electron chi connectivity index (χ4n) is 7.09. The SMILES string of the molecule is CCCC(NC(=O)[C@@H]1[C@H]2C[C@H]2CN1C(=O)[C@@H](NC(=O)OCC(C)C)C1CCCCC1)C(=O)C(=O)NCC(=O)N[C@H](C(=O)N(C)C)c1ccccc1. The number of carbonyl (C=O) groups is 7. The smallest absolute Gasteiger partial charge is 0.407 e. The van der Waals surface area contributed by atoms with E-state index in [0.29, 0.717) is 18.5 Å². The van der Waals surface area contributed by atoms with E-state index >= 15 is 0 Å². The second-order valence-corrected chi connectivity index (χ2v) is 14.6. The number of ether oxygens (including phenoxy) is 1. The summed E-state index contributed by atoms with van der Waals surface area (Å²) in [6.45, 7) is 5.68. The fraction of sp³-hybridized carbons (Fsp3) is 0.649. The molecule has 280 valence electrons. The topological polar surface area (TPSA) is 183 Å². The number of ketones is 1. The molecule has 1 saturated heterocycles. The first-order valence-corrected chi connectivity index (χ1v) is 18.2. The van der Waals surface area contributed by atoms with Crippen molar-refractivity contribution in [3.63, 3.8) is 0 Å². The lowest BCUT2D eigenvalue weighted by Crippen LogP contribution is -2.59. The summed E-state index contributed by atoms with van der Waals surface area (Å²) >= 11 is 0. The van der Waals surface area contributed by atoms with Crippen LogP contribution in [-0.2, 0) is 33.5 Å². The number of piperidine rings is 1. The van der Waals surface area contributed by atoms with Gasteiger partial charge in [-0.1, -0.05) is 76.8 Å². The van der Waals surface area contributed by atoms with Gasteiger partial charge in [-0.05, 0) is 54.9 Å². The van der Waals surface area contributed by atoms with Crippen molar-refractivity contribution in [3.05, 3.63) is 35.9 Å². The number of amides is 6. The van der Waals surface area contributed by atoms with Crippen LogP contribution in [0, 0.1) is 23.7 Å². The molecule has 0 bridgehead atoms. The molecule has 1 heterocycles. The third kappa shape index (κ3) is 10.5. The minimum atomic E-state index is -1.18. The van der Waals surface area contributed by atoms with Gasteiger partial charge >= 0.3 is 6.09 Å². The lowest BCUT2D eigenvalue weighted by Gasteiger charge is -2.35. The zero-order chi connectivity index (χ0) is 37.2. The van der Waals surface area contributed by atoms with Gasteiger partial charge in [0.2, 0.25) is 29.4 Å². The summed E-state index contributed by atoms with van der Waals surface area (Å²) in [5.74, 6) is -3.76. The zero-order valence-electron chi connectivity index (χ0n) is 30.4. The number of alkyl carbamates (subject to hydrolysis) is 1. The second kappa shape index (κ2) is 18.1. The molecule has 1 aliphatic heterocycles. The molecule has 6 atom stereocenters. The molecule has 3 fully saturated rings. The maximum Gasteiger partial charge on any atom is 0.407 e. The van der Waals surface area contributed by atoms with E-state index in [1.165, 1.54) is 9.80 Å². The first-order chi connectivity index (χ1) is 24.3. The van der Waals surface area contributed by atoms with Gasteiger partial charge in [0.1, 0.15) is 18.1 Å². The average molecular weight is 711 g/mol. The maximum atomic E-state index is 14.1. The minimum Gasteiger partial charge on any atom is -0.449 e. The van der Waals surface area contributed by atoms with E-state index in [4.69, 9.17) is 4.74 Å². The maximum absolute atomic E-state index is 14.1. The van der Waals surface area contributed by atoms with Crippen molar-refractivity contribution in [2.75, 3.05) is 33.8 Å². The van der Waals surface area contributed by atoms with Gasteiger partial charge in [0.25, 0.3) is 5.91 Å². The number of nitrogens with one attached hydrogen (secondary N) is 4. The molecule has 1 unspecified atom stereocenters. The van der Waals surface area contributed by atoms with Crippen molar-refractivity contribution in [1.82, 2.24) is 31.1 Å². The molecule has 2 saturated carbocycles. The number of likely N-dealkylation sites (N-methyl/N-ethyl adjacent to an activating group) is 1. The lowest BCUT2D eigenvalue weighted by atomic mass is 9.83. The van der Waals surface area contributed by atoms with Crippen LogP contribution in [0.5, 0.6) is 0 Å². The standard InChI is InChI=1S/C37H54N6O8/c1-6-13-27(32(45)34(47)38-19-28(44)40-29(35(48)42(4)5)23-14-9-7-10-15-23)39-33(46)31-26-18-25(26)20-43(31)36(49)30(24-16-11-8-12-17-24)41-37(50)51-21-22(2)3/h7,9-10,14-15,22,24-27,29-31H,6,8,11-13,16-21H2,1-5H3,(H,38,47)(H,39,46)(H,40,44)(H,41,50)/t25-,26-,27?,29-,30-,31-/m0/s1. The van der Waals surface area contributed by atoms with Gasteiger partial charge in [0.15, 0.2) is 0 Å². The molecule has 1 aromatic carbocycles. The van der Waals surface area contributed by atoms with Crippen molar-refractivity contribution < 1.29 is 38.3 Å². The van der Waals surface area contributed by atoms with Crippen molar-refractivity contribution in [3.8, 4) is 0 Å². The van der Waals surface area contributed by atoms with Gasteiger partial charge in [-0.25, -0.2) is 4.79 Å². The molecule has 14 nitrogen and oxygen atoms in total. The largest absolute Gasteiger partial charge is 0.449 e.